The second kappa shape index (κ2) is 5.93. The summed E-state index contributed by atoms with van der Waals surface area (Å²) < 4.78 is 25.0. The lowest BCUT2D eigenvalue weighted by molar-refractivity contribution is 0.387. The summed E-state index contributed by atoms with van der Waals surface area (Å²) in [7, 11) is -3.11. The van der Waals surface area contributed by atoms with Crippen LogP contribution in [0, 0.1) is 5.92 Å². The summed E-state index contributed by atoms with van der Waals surface area (Å²) in [5.74, 6) is 1.72. The maximum atomic E-state index is 11.7. The maximum absolute atomic E-state index is 11.7. The summed E-state index contributed by atoms with van der Waals surface area (Å²) in [6.45, 7) is 4.71. The lowest BCUT2D eigenvalue weighted by Gasteiger charge is -2.34. The first-order valence-corrected chi connectivity index (χ1v) is 11.1. The highest BCUT2D eigenvalue weighted by Crippen LogP contribution is 2.40. The molecule has 0 bridgehead atoms. The molecule has 1 atom stereocenters. The number of aryl methyl sites for hydroxylation is 1. The van der Waals surface area contributed by atoms with Gasteiger partial charge >= 0.3 is 0 Å². The van der Waals surface area contributed by atoms with Gasteiger partial charge in [0.05, 0.1) is 11.6 Å². The molecule has 0 amide bonds. The van der Waals surface area contributed by atoms with E-state index in [1.807, 2.05) is 0 Å². The molecule has 2 aliphatic rings. The first-order chi connectivity index (χ1) is 11.4. The molecule has 0 spiro atoms. The first kappa shape index (κ1) is 16.2. The highest BCUT2D eigenvalue weighted by atomic mass is 32.2. The summed E-state index contributed by atoms with van der Waals surface area (Å²) in [6.07, 6.45) is 6.38. The van der Waals surface area contributed by atoms with Crippen LogP contribution in [0.4, 0.5) is 5.82 Å². The smallest absolute Gasteiger partial charge is 0.211 e. The van der Waals surface area contributed by atoms with E-state index in [0.717, 1.165) is 29.4 Å². The molecule has 1 fully saturated rings. The fourth-order valence-corrected chi connectivity index (χ4v) is 5.90. The van der Waals surface area contributed by atoms with Gasteiger partial charge in [-0.05, 0) is 30.7 Å². The monoisotopic (exact) mass is 366 g/mol. The van der Waals surface area contributed by atoms with E-state index in [1.165, 1.54) is 28.5 Å². The third-order valence-corrected chi connectivity index (χ3v) is 7.54. The van der Waals surface area contributed by atoms with Crippen LogP contribution in [0.2, 0.25) is 0 Å². The van der Waals surface area contributed by atoms with Crippen LogP contribution < -0.4 is 4.90 Å². The number of hydrogen-bond donors (Lipinski definition) is 0. The largest absolute Gasteiger partial charge is 0.353 e. The van der Waals surface area contributed by atoms with Crippen LogP contribution in [-0.2, 0) is 22.9 Å². The molecule has 0 N–H and O–H groups in total. The van der Waals surface area contributed by atoms with Crippen LogP contribution in [-0.4, -0.2) is 55.1 Å². The number of hydrogen-bond acceptors (Lipinski definition) is 6. The van der Waals surface area contributed by atoms with Crippen molar-refractivity contribution in [3.05, 3.63) is 16.8 Å². The van der Waals surface area contributed by atoms with E-state index in [4.69, 9.17) is 0 Å². The molecular weight excluding hydrogens is 344 g/mol. The topological polar surface area (TPSA) is 66.4 Å². The predicted molar refractivity (Wildman–Crippen MR) is 97.2 cm³/mol. The maximum Gasteiger partial charge on any atom is 0.211 e. The second-order valence-corrected chi connectivity index (χ2v) is 9.94. The molecule has 130 valence electrons. The summed E-state index contributed by atoms with van der Waals surface area (Å²) in [4.78, 5) is 13.8. The Hall–Kier alpha value is -1.25. The Balaban J connectivity index is 1.68. The lowest BCUT2D eigenvalue weighted by Crippen LogP contribution is -2.48. The number of rotatable bonds is 2. The van der Waals surface area contributed by atoms with Crippen molar-refractivity contribution in [1.29, 1.82) is 0 Å². The van der Waals surface area contributed by atoms with Crippen LogP contribution in [0.5, 0.6) is 0 Å². The Bertz CT molecular complexity index is 870. The van der Waals surface area contributed by atoms with E-state index in [2.05, 4.69) is 21.8 Å². The molecule has 1 saturated heterocycles. The molecule has 4 rings (SSSR count). The molecule has 8 heteroatoms. The number of piperazine rings is 1. The Labute approximate surface area is 146 Å². The van der Waals surface area contributed by atoms with E-state index in [-0.39, 0.29) is 0 Å². The van der Waals surface area contributed by atoms with Gasteiger partial charge in [0, 0.05) is 31.1 Å². The molecule has 24 heavy (non-hydrogen) atoms. The standard InChI is InChI=1S/C16H22N4O2S2/c1-11-3-4-12-13(9-11)23-16-14(12)15(17-10-18-16)19-5-7-20(8-6-19)24(2,21)22/h10-11H,3-9H2,1-2H3/t11-/m0/s1. The number of thiophene rings is 1. The average Bonchev–Trinajstić information content (AvgIpc) is 2.91. The van der Waals surface area contributed by atoms with Crippen LogP contribution in [0.1, 0.15) is 23.8 Å². The zero-order chi connectivity index (χ0) is 16.9. The van der Waals surface area contributed by atoms with Crippen molar-refractivity contribution in [2.75, 3.05) is 37.3 Å². The van der Waals surface area contributed by atoms with Crippen molar-refractivity contribution >= 4 is 37.4 Å². The van der Waals surface area contributed by atoms with Gasteiger partial charge in [-0.2, -0.15) is 4.31 Å². The van der Waals surface area contributed by atoms with Crippen LogP contribution in [0.25, 0.3) is 10.2 Å². The lowest BCUT2D eigenvalue weighted by atomic mass is 9.89. The van der Waals surface area contributed by atoms with Gasteiger partial charge in [0.15, 0.2) is 0 Å². The summed E-state index contributed by atoms with van der Waals surface area (Å²) in [5, 5.41) is 1.21. The third-order valence-electron chi connectivity index (χ3n) is 5.08. The zero-order valence-corrected chi connectivity index (χ0v) is 15.7. The number of sulfonamides is 1. The Kier molecular flexibility index (Phi) is 4.01. The van der Waals surface area contributed by atoms with Crippen molar-refractivity contribution in [2.24, 2.45) is 5.92 Å². The van der Waals surface area contributed by atoms with Gasteiger partial charge in [-0.25, -0.2) is 18.4 Å². The van der Waals surface area contributed by atoms with Crippen molar-refractivity contribution in [3.8, 4) is 0 Å². The second-order valence-electron chi connectivity index (χ2n) is 6.88. The van der Waals surface area contributed by atoms with Gasteiger partial charge in [0.25, 0.3) is 0 Å². The van der Waals surface area contributed by atoms with E-state index < -0.39 is 10.0 Å². The molecular formula is C16H22N4O2S2. The molecule has 0 unspecified atom stereocenters. The van der Waals surface area contributed by atoms with Gasteiger partial charge in [0.1, 0.15) is 17.0 Å². The minimum atomic E-state index is -3.11. The molecule has 1 aliphatic heterocycles. The highest BCUT2D eigenvalue weighted by molar-refractivity contribution is 7.88. The van der Waals surface area contributed by atoms with Crippen molar-refractivity contribution < 1.29 is 8.42 Å². The predicted octanol–water partition coefficient (Wildman–Crippen LogP) is 1.90. The Morgan fingerprint density at radius 1 is 1.21 bits per heavy atom. The summed E-state index contributed by atoms with van der Waals surface area (Å²) >= 11 is 1.80. The zero-order valence-electron chi connectivity index (χ0n) is 14.0. The fraction of sp³-hybridized carbons (Fsp3) is 0.625. The normalized spacial score (nSPS) is 22.8. The number of fused-ring (bicyclic) bond motifs is 3. The molecule has 0 radical (unpaired) electrons. The quantitative estimate of drug-likeness (QED) is 0.812. The molecule has 2 aromatic heterocycles. The van der Waals surface area contributed by atoms with Gasteiger partial charge in [-0.3, -0.25) is 0 Å². The summed E-state index contributed by atoms with van der Waals surface area (Å²) in [5.41, 5.74) is 1.43. The van der Waals surface area contributed by atoms with Crippen molar-refractivity contribution in [2.45, 2.75) is 26.2 Å². The van der Waals surface area contributed by atoms with Crippen LogP contribution >= 0.6 is 11.3 Å². The highest BCUT2D eigenvalue weighted by Gasteiger charge is 2.28. The Morgan fingerprint density at radius 2 is 1.96 bits per heavy atom. The van der Waals surface area contributed by atoms with Crippen LogP contribution in [0.15, 0.2) is 6.33 Å². The van der Waals surface area contributed by atoms with E-state index in [9.17, 15) is 8.42 Å². The number of nitrogens with zero attached hydrogens (tertiary/aromatic N) is 4. The van der Waals surface area contributed by atoms with Gasteiger partial charge in [-0.1, -0.05) is 6.92 Å². The molecule has 3 heterocycles. The minimum absolute atomic E-state index is 0.522. The summed E-state index contributed by atoms with van der Waals surface area (Å²) in [6, 6.07) is 0. The van der Waals surface area contributed by atoms with Crippen molar-refractivity contribution in [1.82, 2.24) is 14.3 Å². The van der Waals surface area contributed by atoms with E-state index in [1.54, 1.807) is 22.0 Å². The van der Waals surface area contributed by atoms with Crippen molar-refractivity contribution in [3.63, 3.8) is 0 Å². The fourth-order valence-electron chi connectivity index (χ4n) is 3.73. The first-order valence-electron chi connectivity index (χ1n) is 8.39. The Morgan fingerprint density at radius 3 is 2.67 bits per heavy atom. The van der Waals surface area contributed by atoms with Gasteiger partial charge in [-0.15, -0.1) is 11.3 Å². The number of aromatic nitrogens is 2. The molecule has 2 aromatic rings. The molecule has 1 aliphatic carbocycles. The van der Waals surface area contributed by atoms with Crippen LogP contribution in [0.3, 0.4) is 0 Å². The van der Waals surface area contributed by atoms with E-state index >= 15 is 0 Å². The van der Waals surface area contributed by atoms with Gasteiger partial charge in [0.2, 0.25) is 10.0 Å². The number of anilines is 1. The molecule has 6 nitrogen and oxygen atoms in total. The molecule has 0 saturated carbocycles. The van der Waals surface area contributed by atoms with E-state index in [0.29, 0.717) is 26.2 Å². The third kappa shape index (κ3) is 2.80. The average molecular weight is 367 g/mol. The SMILES string of the molecule is C[C@H]1CCc2c(sc3ncnc(N4CCN(S(C)(=O)=O)CC4)c23)C1. The minimum Gasteiger partial charge on any atom is -0.353 e. The van der Waals surface area contributed by atoms with Gasteiger partial charge < -0.3 is 4.90 Å². The molecule has 0 aromatic carbocycles.